The van der Waals surface area contributed by atoms with Crippen molar-refractivity contribution in [3.8, 4) is 0 Å². The van der Waals surface area contributed by atoms with Crippen LogP contribution in [0.1, 0.15) is 55.8 Å². The van der Waals surface area contributed by atoms with Crippen LogP contribution in [0, 0.1) is 17.8 Å². The lowest BCUT2D eigenvalue weighted by atomic mass is 9.52. The minimum absolute atomic E-state index is 0.0143. The Balaban J connectivity index is 1.33. The normalized spacial score (nSPS) is 34.9. The van der Waals surface area contributed by atoms with Crippen molar-refractivity contribution in [2.24, 2.45) is 17.8 Å². The average molecular weight is 445 g/mol. The van der Waals surface area contributed by atoms with Crippen LogP contribution in [0.2, 0.25) is 0 Å². The molecule has 170 valence electrons. The minimum Gasteiger partial charge on any atom is -0.390 e. The predicted octanol–water partition coefficient (Wildman–Crippen LogP) is 3.00. The van der Waals surface area contributed by atoms with E-state index in [-0.39, 0.29) is 11.9 Å². The third kappa shape index (κ3) is 4.33. The van der Waals surface area contributed by atoms with Gasteiger partial charge in [-0.3, -0.25) is 4.79 Å². The second kappa shape index (κ2) is 8.56. The highest BCUT2D eigenvalue weighted by molar-refractivity contribution is 7.99. The number of nitrogens with one attached hydrogen (secondary N) is 1. The summed E-state index contributed by atoms with van der Waals surface area (Å²) in [6, 6.07) is 4.21. The fourth-order valence-corrected chi connectivity index (χ4v) is 7.44. The number of carbonyl (C=O) groups is 1. The molecule has 1 saturated heterocycles. The highest BCUT2D eigenvalue weighted by Gasteiger charge is 2.55. The highest BCUT2D eigenvalue weighted by atomic mass is 32.2. The Hall–Kier alpha value is -1.31. The number of aromatic nitrogens is 1. The third-order valence-corrected chi connectivity index (χ3v) is 9.10. The molecule has 1 amide bonds. The van der Waals surface area contributed by atoms with Crippen LogP contribution >= 0.6 is 11.8 Å². The zero-order valence-electron chi connectivity index (χ0n) is 18.8. The fraction of sp³-hybridized carbons (Fsp3) is 0.750. The van der Waals surface area contributed by atoms with Crippen molar-refractivity contribution in [1.29, 1.82) is 0 Å². The van der Waals surface area contributed by atoms with Crippen LogP contribution in [-0.4, -0.2) is 71.5 Å². The molecule has 5 aliphatic rings. The van der Waals surface area contributed by atoms with E-state index in [1.165, 1.54) is 0 Å². The van der Waals surface area contributed by atoms with Gasteiger partial charge in [-0.1, -0.05) is 6.92 Å². The molecular formula is C24H36N4O2S. The lowest BCUT2D eigenvalue weighted by Crippen LogP contribution is -2.61. The van der Waals surface area contributed by atoms with Crippen molar-refractivity contribution in [2.75, 3.05) is 43.9 Å². The third-order valence-electron chi connectivity index (χ3n) is 7.90. The van der Waals surface area contributed by atoms with Crippen molar-refractivity contribution in [1.82, 2.24) is 15.2 Å². The van der Waals surface area contributed by atoms with Crippen LogP contribution in [0.15, 0.2) is 17.2 Å². The van der Waals surface area contributed by atoms with E-state index in [4.69, 9.17) is 4.98 Å². The summed E-state index contributed by atoms with van der Waals surface area (Å²) in [6.45, 7) is 6.19. The van der Waals surface area contributed by atoms with E-state index in [0.29, 0.717) is 23.3 Å². The monoisotopic (exact) mass is 444 g/mol. The van der Waals surface area contributed by atoms with Gasteiger partial charge in [-0.25, -0.2) is 4.98 Å². The number of thioether (sulfide) groups is 1. The van der Waals surface area contributed by atoms with Gasteiger partial charge in [0.15, 0.2) is 0 Å². The van der Waals surface area contributed by atoms with Crippen LogP contribution < -0.4 is 10.2 Å². The lowest BCUT2D eigenvalue weighted by molar-refractivity contribution is -0.136. The Labute approximate surface area is 190 Å². The maximum atomic E-state index is 13.4. The number of piperazine rings is 1. The molecule has 7 heteroatoms. The van der Waals surface area contributed by atoms with Gasteiger partial charge >= 0.3 is 0 Å². The van der Waals surface area contributed by atoms with E-state index >= 15 is 0 Å². The number of anilines is 1. The summed E-state index contributed by atoms with van der Waals surface area (Å²) >= 11 is 1.70. The zero-order valence-corrected chi connectivity index (χ0v) is 19.7. The summed E-state index contributed by atoms with van der Waals surface area (Å²) < 4.78 is 0. The molecule has 0 spiro atoms. The first-order valence-corrected chi connectivity index (χ1v) is 13.0. The summed E-state index contributed by atoms with van der Waals surface area (Å²) in [5, 5.41) is 15.1. The quantitative estimate of drug-likeness (QED) is 0.658. The van der Waals surface area contributed by atoms with Crippen molar-refractivity contribution >= 4 is 23.5 Å². The number of rotatable bonds is 6. The van der Waals surface area contributed by atoms with E-state index in [9.17, 15) is 9.90 Å². The second-order valence-corrected chi connectivity index (χ2v) is 11.4. The Morgan fingerprint density at radius 2 is 1.90 bits per heavy atom. The van der Waals surface area contributed by atoms with Crippen LogP contribution in [0.4, 0.5) is 5.82 Å². The number of carbonyl (C=O) groups excluding carboxylic acids is 1. The molecular weight excluding hydrogens is 408 g/mol. The molecule has 5 atom stereocenters. The summed E-state index contributed by atoms with van der Waals surface area (Å²) in [7, 11) is 2.16. The van der Waals surface area contributed by atoms with Gasteiger partial charge in [-0.2, -0.15) is 0 Å². The van der Waals surface area contributed by atoms with Crippen molar-refractivity contribution in [2.45, 2.75) is 62.1 Å². The lowest BCUT2D eigenvalue weighted by Gasteiger charge is -2.58. The Kier molecular flexibility index (Phi) is 5.95. The molecule has 31 heavy (non-hydrogen) atoms. The molecule has 1 aromatic rings. The Morgan fingerprint density at radius 3 is 2.55 bits per heavy atom. The number of amides is 1. The van der Waals surface area contributed by atoms with Crippen LogP contribution in [0.5, 0.6) is 0 Å². The molecule has 6 rings (SSSR count). The van der Waals surface area contributed by atoms with Gasteiger partial charge in [-0.05, 0) is 81.2 Å². The van der Waals surface area contributed by atoms with Crippen LogP contribution in [-0.2, 0) is 0 Å². The number of likely N-dealkylation sites (N-methyl/N-ethyl adjacent to an activating group) is 1. The second-order valence-electron chi connectivity index (χ2n) is 10.4. The maximum absolute atomic E-state index is 13.4. The average Bonchev–Trinajstić information content (AvgIpc) is 2.74. The van der Waals surface area contributed by atoms with Gasteiger partial charge < -0.3 is 20.2 Å². The molecule has 1 aliphatic heterocycles. The number of pyridine rings is 1. The predicted molar refractivity (Wildman–Crippen MR) is 125 cm³/mol. The Morgan fingerprint density at radius 1 is 1.19 bits per heavy atom. The van der Waals surface area contributed by atoms with E-state index in [2.05, 4.69) is 29.1 Å². The van der Waals surface area contributed by atoms with E-state index in [1.807, 2.05) is 12.1 Å². The van der Waals surface area contributed by atoms with Gasteiger partial charge in [-0.15, -0.1) is 11.8 Å². The molecule has 2 heterocycles. The molecule has 4 aliphatic carbocycles. The first kappa shape index (κ1) is 21.5. The van der Waals surface area contributed by atoms with Gasteiger partial charge in [0.1, 0.15) is 10.8 Å². The molecule has 2 N–H and O–H groups in total. The molecule has 5 fully saturated rings. The smallest absolute Gasteiger partial charge is 0.254 e. The van der Waals surface area contributed by atoms with E-state index in [1.54, 1.807) is 11.8 Å². The van der Waals surface area contributed by atoms with Gasteiger partial charge in [0, 0.05) is 32.2 Å². The zero-order chi connectivity index (χ0) is 21.6. The Bertz CT molecular complexity index is 810. The van der Waals surface area contributed by atoms with Crippen LogP contribution in [0.3, 0.4) is 0 Å². The molecule has 0 radical (unpaired) electrons. The number of hydrogen-bond acceptors (Lipinski definition) is 6. The first-order chi connectivity index (χ1) is 14.9. The number of aliphatic hydroxyl groups is 1. The van der Waals surface area contributed by atoms with Gasteiger partial charge in [0.25, 0.3) is 5.91 Å². The highest BCUT2D eigenvalue weighted by Crippen LogP contribution is 2.55. The molecule has 6 nitrogen and oxygen atoms in total. The standard InChI is InChI=1S/C24H36N4O2S/c1-3-10-31-23-19(4-5-20(25-23)28-8-6-27(2)7-9-28)22(29)26-21-17-11-16-12-18(21)15-24(30,13-16)14-17/h4-5,16-18,21,30H,3,6-15H2,1-2H3,(H,26,29)/t16?,17-,18+,21?,24?. The number of nitrogens with zero attached hydrogens (tertiary/aromatic N) is 3. The first-order valence-electron chi connectivity index (χ1n) is 12.0. The minimum atomic E-state index is -0.467. The van der Waals surface area contributed by atoms with Crippen molar-refractivity contribution in [3.63, 3.8) is 0 Å². The molecule has 0 aromatic carbocycles. The van der Waals surface area contributed by atoms with Crippen molar-refractivity contribution < 1.29 is 9.90 Å². The summed E-state index contributed by atoms with van der Waals surface area (Å²) in [5.74, 6) is 3.45. The van der Waals surface area contributed by atoms with Gasteiger partial charge in [0.2, 0.25) is 0 Å². The SMILES string of the molecule is CCCSc1nc(N2CCN(C)CC2)ccc1C(=O)NC1[C@@H]2CC3C[C@H]1CC(O)(C3)C2. The molecule has 3 unspecified atom stereocenters. The van der Waals surface area contributed by atoms with Gasteiger partial charge in [0.05, 0.1) is 11.2 Å². The summed E-state index contributed by atoms with van der Waals surface area (Å²) in [5.41, 5.74) is 0.245. The maximum Gasteiger partial charge on any atom is 0.254 e. The molecule has 1 aromatic heterocycles. The largest absolute Gasteiger partial charge is 0.390 e. The fourth-order valence-electron chi connectivity index (χ4n) is 6.57. The summed E-state index contributed by atoms with van der Waals surface area (Å²) in [4.78, 5) is 23.0. The van der Waals surface area contributed by atoms with E-state index < -0.39 is 5.60 Å². The topological polar surface area (TPSA) is 68.7 Å². The summed E-state index contributed by atoms with van der Waals surface area (Å²) in [6.07, 6.45) is 6.03. The van der Waals surface area contributed by atoms with Crippen LogP contribution in [0.25, 0.3) is 0 Å². The van der Waals surface area contributed by atoms with Crippen molar-refractivity contribution in [3.05, 3.63) is 17.7 Å². The number of hydrogen-bond donors (Lipinski definition) is 2. The molecule has 4 bridgehead atoms. The van der Waals surface area contributed by atoms with E-state index in [0.717, 1.165) is 81.3 Å². The molecule has 4 saturated carbocycles.